The van der Waals surface area contributed by atoms with E-state index >= 15 is 0 Å². The van der Waals surface area contributed by atoms with Gasteiger partial charge in [-0.25, -0.2) is 0 Å². The summed E-state index contributed by atoms with van der Waals surface area (Å²) in [4.78, 5) is 26.0. The van der Waals surface area contributed by atoms with Crippen molar-refractivity contribution in [2.75, 3.05) is 16.8 Å². The van der Waals surface area contributed by atoms with Crippen LogP contribution in [0.3, 0.4) is 0 Å². The van der Waals surface area contributed by atoms with Crippen molar-refractivity contribution >= 4 is 28.9 Å². The summed E-state index contributed by atoms with van der Waals surface area (Å²) in [6.45, 7) is 0.895. The number of para-hydroxylation sites is 3. The van der Waals surface area contributed by atoms with Crippen molar-refractivity contribution < 1.29 is 9.59 Å². The number of anilines is 3. The van der Waals surface area contributed by atoms with E-state index in [-0.39, 0.29) is 11.8 Å². The van der Waals surface area contributed by atoms with Crippen LogP contribution in [0.1, 0.15) is 18.4 Å². The van der Waals surface area contributed by atoms with Crippen molar-refractivity contribution in [2.45, 2.75) is 25.3 Å². The Hall–Kier alpha value is -2.82. The molecule has 2 heterocycles. The van der Waals surface area contributed by atoms with Crippen LogP contribution in [0.25, 0.3) is 0 Å². The zero-order valence-corrected chi connectivity index (χ0v) is 13.3. The van der Waals surface area contributed by atoms with Crippen molar-refractivity contribution in [3.05, 3.63) is 54.1 Å². The van der Waals surface area contributed by atoms with Crippen molar-refractivity contribution in [3.63, 3.8) is 0 Å². The van der Waals surface area contributed by atoms with Gasteiger partial charge in [-0.1, -0.05) is 30.3 Å². The highest BCUT2D eigenvalue weighted by atomic mass is 16.2. The standard InChI is InChI=1S/C19H19N3O2/c23-18-10-9-15(20-18)19(24)21-14-6-2-4-8-17(14)22-12-11-13-5-1-3-7-16(13)22/h1-8,15H,9-12H2,(H,20,23)(H,21,24)/t15-/m1/s1. The molecule has 0 spiro atoms. The molecular formula is C19H19N3O2. The molecule has 1 fully saturated rings. The number of rotatable bonds is 3. The number of carbonyl (C=O) groups excluding carboxylic acids is 2. The minimum Gasteiger partial charge on any atom is -0.344 e. The molecule has 2 N–H and O–H groups in total. The average molecular weight is 321 g/mol. The highest BCUT2D eigenvalue weighted by Gasteiger charge is 2.28. The molecular weight excluding hydrogens is 302 g/mol. The highest BCUT2D eigenvalue weighted by Crippen LogP contribution is 2.38. The van der Waals surface area contributed by atoms with Crippen LogP contribution < -0.4 is 15.5 Å². The minimum absolute atomic E-state index is 0.0584. The zero-order chi connectivity index (χ0) is 16.5. The Morgan fingerprint density at radius 2 is 1.79 bits per heavy atom. The topological polar surface area (TPSA) is 61.4 Å². The number of nitrogens with one attached hydrogen (secondary N) is 2. The summed E-state index contributed by atoms with van der Waals surface area (Å²) in [6, 6.07) is 15.7. The number of amides is 2. The first-order valence-electron chi connectivity index (χ1n) is 8.27. The van der Waals surface area contributed by atoms with Crippen molar-refractivity contribution in [3.8, 4) is 0 Å². The van der Waals surface area contributed by atoms with Crippen LogP contribution in [0.5, 0.6) is 0 Å². The Labute approximate surface area is 140 Å². The summed E-state index contributed by atoms with van der Waals surface area (Å²) in [5, 5.41) is 5.70. The van der Waals surface area contributed by atoms with E-state index in [9.17, 15) is 9.59 Å². The van der Waals surface area contributed by atoms with Gasteiger partial charge in [-0.2, -0.15) is 0 Å². The normalized spacial score (nSPS) is 19.1. The molecule has 2 amide bonds. The third-order valence-corrected chi connectivity index (χ3v) is 4.65. The van der Waals surface area contributed by atoms with Gasteiger partial charge in [-0.15, -0.1) is 0 Å². The minimum atomic E-state index is -0.434. The number of carbonyl (C=O) groups is 2. The van der Waals surface area contributed by atoms with Gasteiger partial charge in [-0.05, 0) is 36.6 Å². The van der Waals surface area contributed by atoms with Gasteiger partial charge in [0.2, 0.25) is 11.8 Å². The third kappa shape index (κ3) is 2.62. The summed E-state index contributed by atoms with van der Waals surface area (Å²) in [6.07, 6.45) is 1.97. The largest absolute Gasteiger partial charge is 0.344 e. The predicted molar refractivity (Wildman–Crippen MR) is 93.4 cm³/mol. The van der Waals surface area contributed by atoms with Gasteiger partial charge in [0.05, 0.1) is 11.4 Å². The maximum atomic E-state index is 12.4. The highest BCUT2D eigenvalue weighted by molar-refractivity contribution is 6.01. The fourth-order valence-corrected chi connectivity index (χ4v) is 3.43. The summed E-state index contributed by atoms with van der Waals surface area (Å²) in [5.41, 5.74) is 4.27. The quantitative estimate of drug-likeness (QED) is 0.913. The van der Waals surface area contributed by atoms with Gasteiger partial charge in [-0.3, -0.25) is 9.59 Å². The Morgan fingerprint density at radius 1 is 1.04 bits per heavy atom. The lowest BCUT2D eigenvalue weighted by molar-refractivity contribution is -0.122. The van der Waals surface area contributed by atoms with E-state index in [1.807, 2.05) is 30.3 Å². The van der Waals surface area contributed by atoms with Gasteiger partial charge in [0, 0.05) is 18.7 Å². The van der Waals surface area contributed by atoms with Crippen LogP contribution in [0.4, 0.5) is 17.1 Å². The molecule has 24 heavy (non-hydrogen) atoms. The van der Waals surface area contributed by atoms with Crippen molar-refractivity contribution in [2.24, 2.45) is 0 Å². The molecule has 2 aromatic carbocycles. The second kappa shape index (κ2) is 6.00. The monoisotopic (exact) mass is 321 g/mol. The van der Waals surface area contributed by atoms with Crippen LogP contribution in [-0.2, 0) is 16.0 Å². The Kier molecular flexibility index (Phi) is 3.69. The number of hydrogen-bond donors (Lipinski definition) is 2. The fourth-order valence-electron chi connectivity index (χ4n) is 3.43. The summed E-state index contributed by atoms with van der Waals surface area (Å²) in [5.74, 6) is -0.210. The number of benzene rings is 2. The molecule has 2 aliphatic heterocycles. The van der Waals surface area contributed by atoms with E-state index in [1.165, 1.54) is 11.3 Å². The van der Waals surface area contributed by atoms with Crippen molar-refractivity contribution in [1.29, 1.82) is 0 Å². The van der Waals surface area contributed by atoms with Crippen LogP contribution in [0, 0.1) is 0 Å². The number of hydrogen-bond acceptors (Lipinski definition) is 3. The molecule has 1 saturated heterocycles. The number of fused-ring (bicyclic) bond motifs is 1. The molecule has 1 atom stereocenters. The first-order valence-corrected chi connectivity index (χ1v) is 8.27. The molecule has 2 aliphatic rings. The van der Waals surface area contributed by atoms with Gasteiger partial charge in [0.15, 0.2) is 0 Å². The van der Waals surface area contributed by atoms with E-state index in [2.05, 4.69) is 33.7 Å². The molecule has 5 heteroatoms. The maximum Gasteiger partial charge on any atom is 0.247 e. The van der Waals surface area contributed by atoms with Gasteiger partial charge in [0.1, 0.15) is 6.04 Å². The van der Waals surface area contributed by atoms with E-state index in [1.54, 1.807) is 0 Å². The Balaban J connectivity index is 1.60. The lowest BCUT2D eigenvalue weighted by atomic mass is 10.1. The molecule has 4 rings (SSSR count). The van der Waals surface area contributed by atoms with Gasteiger partial charge in [0.25, 0.3) is 0 Å². The second-order valence-electron chi connectivity index (χ2n) is 6.20. The zero-order valence-electron chi connectivity index (χ0n) is 13.3. The third-order valence-electron chi connectivity index (χ3n) is 4.65. The number of nitrogens with zero attached hydrogens (tertiary/aromatic N) is 1. The van der Waals surface area contributed by atoms with Crippen LogP contribution >= 0.6 is 0 Å². The molecule has 0 bridgehead atoms. The molecule has 5 nitrogen and oxygen atoms in total. The second-order valence-corrected chi connectivity index (χ2v) is 6.20. The van der Waals surface area contributed by atoms with Gasteiger partial charge < -0.3 is 15.5 Å². The molecule has 0 radical (unpaired) electrons. The van der Waals surface area contributed by atoms with E-state index < -0.39 is 6.04 Å². The van der Waals surface area contributed by atoms with Crippen molar-refractivity contribution in [1.82, 2.24) is 5.32 Å². The molecule has 0 aliphatic carbocycles. The van der Waals surface area contributed by atoms with Crippen LogP contribution in [0.15, 0.2) is 48.5 Å². The molecule has 122 valence electrons. The molecule has 0 aromatic heterocycles. The Morgan fingerprint density at radius 3 is 2.58 bits per heavy atom. The van der Waals surface area contributed by atoms with E-state index in [0.717, 1.165) is 24.3 Å². The molecule has 0 saturated carbocycles. The van der Waals surface area contributed by atoms with Gasteiger partial charge >= 0.3 is 0 Å². The molecule has 0 unspecified atom stereocenters. The predicted octanol–water partition coefficient (Wildman–Crippen LogP) is 2.60. The lowest BCUT2D eigenvalue weighted by Gasteiger charge is -2.23. The van der Waals surface area contributed by atoms with Crippen LogP contribution in [-0.4, -0.2) is 24.4 Å². The Bertz CT molecular complexity index is 803. The summed E-state index contributed by atoms with van der Waals surface area (Å²) < 4.78 is 0. The summed E-state index contributed by atoms with van der Waals surface area (Å²) >= 11 is 0. The smallest absolute Gasteiger partial charge is 0.247 e. The SMILES string of the molecule is O=C1CC[C@H](C(=O)Nc2ccccc2N2CCc3ccccc32)N1. The first kappa shape index (κ1) is 14.8. The average Bonchev–Trinajstić information content (AvgIpc) is 3.22. The van der Waals surface area contributed by atoms with E-state index in [4.69, 9.17) is 0 Å². The van der Waals surface area contributed by atoms with E-state index in [0.29, 0.717) is 12.8 Å². The maximum absolute atomic E-state index is 12.4. The fraction of sp³-hybridized carbons (Fsp3) is 0.263. The van der Waals surface area contributed by atoms with Crippen LogP contribution in [0.2, 0.25) is 0 Å². The lowest BCUT2D eigenvalue weighted by Crippen LogP contribution is -2.37. The molecule has 2 aromatic rings. The summed E-state index contributed by atoms with van der Waals surface area (Å²) in [7, 11) is 0. The first-order chi connectivity index (χ1) is 11.7.